The highest BCUT2D eigenvalue weighted by Gasteiger charge is 2.16. The summed E-state index contributed by atoms with van der Waals surface area (Å²) >= 11 is 0. The summed E-state index contributed by atoms with van der Waals surface area (Å²) in [6, 6.07) is 12.5. The Morgan fingerprint density at radius 1 is 1.00 bits per heavy atom. The minimum atomic E-state index is -3.69. The maximum Gasteiger partial charge on any atom is 0.263 e. The van der Waals surface area contributed by atoms with Gasteiger partial charge in [-0.25, -0.2) is 8.42 Å². The van der Waals surface area contributed by atoms with E-state index in [-0.39, 0.29) is 4.90 Å². The molecule has 0 fully saturated rings. The fourth-order valence-corrected chi connectivity index (χ4v) is 3.36. The Morgan fingerprint density at radius 2 is 1.79 bits per heavy atom. The molecule has 0 amide bonds. The molecule has 0 radical (unpaired) electrons. The topological polar surface area (TPSA) is 72.2 Å². The number of nitrogens with zero attached hydrogens (tertiary/aromatic N) is 1. The normalized spacial score (nSPS) is 11.5. The highest BCUT2D eigenvalue weighted by Crippen LogP contribution is 2.28. The second-order valence-electron chi connectivity index (χ2n) is 5.68. The average Bonchev–Trinajstić information content (AvgIpc) is 2.96. The van der Waals surface area contributed by atoms with E-state index in [1.54, 1.807) is 18.2 Å². The van der Waals surface area contributed by atoms with Crippen molar-refractivity contribution >= 4 is 15.7 Å². The first kappa shape index (κ1) is 16.3. The summed E-state index contributed by atoms with van der Waals surface area (Å²) in [5.74, 6) is 1.50. The molecular weight excluding hydrogens is 324 g/mol. The molecule has 0 aliphatic rings. The van der Waals surface area contributed by atoms with Crippen LogP contribution in [0.1, 0.15) is 17.0 Å². The molecule has 2 heterocycles. The van der Waals surface area contributed by atoms with Crippen LogP contribution < -0.4 is 4.72 Å². The van der Waals surface area contributed by atoms with Gasteiger partial charge in [-0.05, 0) is 56.7 Å². The van der Waals surface area contributed by atoms with Gasteiger partial charge in [-0.15, -0.1) is 0 Å². The molecular formula is C18H18N2O3S. The molecule has 0 spiro atoms. The second-order valence-corrected chi connectivity index (χ2v) is 7.36. The van der Waals surface area contributed by atoms with Crippen molar-refractivity contribution in [2.45, 2.75) is 25.7 Å². The summed E-state index contributed by atoms with van der Waals surface area (Å²) in [5, 5.41) is 0. The number of pyridine rings is 1. The molecule has 3 aromatic rings. The summed E-state index contributed by atoms with van der Waals surface area (Å²) in [4.78, 5) is 4.17. The molecule has 0 unspecified atom stereocenters. The maximum atomic E-state index is 12.5. The average molecular weight is 342 g/mol. The van der Waals surface area contributed by atoms with Crippen molar-refractivity contribution in [1.82, 2.24) is 4.98 Å². The van der Waals surface area contributed by atoms with Gasteiger partial charge in [0.05, 0.1) is 5.69 Å². The maximum absolute atomic E-state index is 12.5. The van der Waals surface area contributed by atoms with Crippen LogP contribution in [0.3, 0.4) is 0 Å². The Morgan fingerprint density at radius 3 is 2.42 bits per heavy atom. The number of benzene rings is 1. The van der Waals surface area contributed by atoms with Crippen LogP contribution in [0.2, 0.25) is 0 Å². The van der Waals surface area contributed by atoms with Gasteiger partial charge in [0.15, 0.2) is 0 Å². The number of aryl methyl sites for hydroxylation is 3. The zero-order chi connectivity index (χ0) is 17.3. The van der Waals surface area contributed by atoms with E-state index in [0.717, 1.165) is 22.6 Å². The Hall–Kier alpha value is -2.60. The van der Waals surface area contributed by atoms with Gasteiger partial charge in [0, 0.05) is 17.5 Å². The third-order valence-electron chi connectivity index (χ3n) is 3.70. The van der Waals surface area contributed by atoms with E-state index in [9.17, 15) is 8.42 Å². The first-order valence-electron chi connectivity index (χ1n) is 7.48. The first-order valence-corrected chi connectivity index (χ1v) is 8.96. The van der Waals surface area contributed by atoms with Gasteiger partial charge < -0.3 is 4.42 Å². The highest BCUT2D eigenvalue weighted by molar-refractivity contribution is 7.92. The van der Waals surface area contributed by atoms with Crippen molar-refractivity contribution in [2.75, 3.05) is 4.72 Å². The van der Waals surface area contributed by atoms with Crippen molar-refractivity contribution in [2.24, 2.45) is 0 Å². The molecule has 2 aromatic heterocycles. The van der Waals surface area contributed by atoms with Gasteiger partial charge in [-0.1, -0.05) is 12.1 Å². The van der Waals surface area contributed by atoms with Crippen molar-refractivity contribution in [3.05, 3.63) is 65.7 Å². The summed E-state index contributed by atoms with van der Waals surface area (Å²) in [6.45, 7) is 5.52. The Balaban J connectivity index is 1.96. The third-order valence-corrected chi connectivity index (χ3v) is 5.05. The van der Waals surface area contributed by atoms with Crippen LogP contribution in [0, 0.1) is 20.8 Å². The van der Waals surface area contributed by atoms with Gasteiger partial charge in [0.1, 0.15) is 16.4 Å². The fourth-order valence-electron chi connectivity index (χ4n) is 2.29. The molecule has 0 aliphatic heterocycles. The van der Waals surface area contributed by atoms with Crippen molar-refractivity contribution < 1.29 is 12.8 Å². The van der Waals surface area contributed by atoms with E-state index in [1.165, 1.54) is 6.20 Å². The minimum absolute atomic E-state index is 0.131. The molecule has 1 N–H and O–H groups in total. The van der Waals surface area contributed by atoms with Crippen molar-refractivity contribution in [3.8, 4) is 11.3 Å². The lowest BCUT2D eigenvalue weighted by Gasteiger charge is -2.12. The zero-order valence-electron chi connectivity index (χ0n) is 13.7. The van der Waals surface area contributed by atoms with Gasteiger partial charge in [0.2, 0.25) is 0 Å². The monoisotopic (exact) mass is 342 g/mol. The van der Waals surface area contributed by atoms with Crippen LogP contribution in [0.25, 0.3) is 11.3 Å². The summed E-state index contributed by atoms with van der Waals surface area (Å²) in [7, 11) is -3.69. The molecule has 24 heavy (non-hydrogen) atoms. The number of hydrogen-bond donors (Lipinski definition) is 1. The number of furan rings is 1. The molecule has 6 heteroatoms. The number of sulfonamides is 1. The van der Waals surface area contributed by atoms with Crippen molar-refractivity contribution in [1.29, 1.82) is 0 Å². The van der Waals surface area contributed by atoms with Crippen LogP contribution in [0.4, 0.5) is 5.69 Å². The quantitative estimate of drug-likeness (QED) is 0.776. The van der Waals surface area contributed by atoms with Crippen molar-refractivity contribution in [3.63, 3.8) is 0 Å². The summed E-state index contributed by atoms with van der Waals surface area (Å²) < 4.78 is 33.3. The van der Waals surface area contributed by atoms with Gasteiger partial charge in [-0.2, -0.15) is 0 Å². The number of anilines is 1. The van der Waals surface area contributed by atoms with E-state index in [2.05, 4.69) is 9.71 Å². The minimum Gasteiger partial charge on any atom is -0.461 e. The van der Waals surface area contributed by atoms with Gasteiger partial charge in [-0.3, -0.25) is 9.71 Å². The molecule has 0 bridgehead atoms. The molecule has 0 saturated heterocycles. The second kappa shape index (κ2) is 6.13. The third kappa shape index (κ3) is 3.33. The zero-order valence-corrected chi connectivity index (χ0v) is 14.5. The largest absolute Gasteiger partial charge is 0.461 e. The number of rotatable bonds is 4. The lowest BCUT2D eigenvalue weighted by atomic mass is 10.1. The smallest absolute Gasteiger partial charge is 0.263 e. The van der Waals surface area contributed by atoms with E-state index < -0.39 is 10.0 Å². The van der Waals surface area contributed by atoms with E-state index >= 15 is 0 Å². The van der Waals surface area contributed by atoms with E-state index in [1.807, 2.05) is 45.0 Å². The molecule has 0 atom stereocenters. The van der Waals surface area contributed by atoms with Crippen LogP contribution in [-0.2, 0) is 10.0 Å². The first-order chi connectivity index (χ1) is 11.3. The molecule has 0 aliphatic carbocycles. The molecule has 0 saturated carbocycles. The SMILES string of the molecule is Cc1ccc(S(=O)(=O)Nc2cc(-c3ccc(C)o3)ccc2C)cn1. The fraction of sp³-hybridized carbons (Fsp3) is 0.167. The highest BCUT2D eigenvalue weighted by atomic mass is 32.2. The van der Waals surface area contributed by atoms with Crippen LogP contribution in [-0.4, -0.2) is 13.4 Å². The standard InChI is InChI=1S/C18H18N2O3S/c1-12-4-7-15(18-9-6-14(3)23-18)10-17(12)20-24(21,22)16-8-5-13(2)19-11-16/h4-11,20H,1-3H3. The molecule has 3 rings (SSSR count). The summed E-state index contributed by atoms with van der Waals surface area (Å²) in [6.07, 6.45) is 1.35. The molecule has 1 aromatic carbocycles. The summed E-state index contributed by atoms with van der Waals surface area (Å²) in [5.41, 5.74) is 2.92. The lowest BCUT2D eigenvalue weighted by molar-refractivity contribution is 0.548. The molecule has 5 nitrogen and oxygen atoms in total. The Kier molecular flexibility index (Phi) is 4.15. The van der Waals surface area contributed by atoms with Crippen LogP contribution in [0.15, 0.2) is 58.0 Å². The molecule has 124 valence electrons. The predicted molar refractivity (Wildman–Crippen MR) is 93.4 cm³/mol. The Labute approximate surface area is 141 Å². The number of aromatic nitrogens is 1. The van der Waals surface area contributed by atoms with Gasteiger partial charge >= 0.3 is 0 Å². The lowest BCUT2D eigenvalue weighted by Crippen LogP contribution is -2.14. The van der Waals surface area contributed by atoms with E-state index in [0.29, 0.717) is 11.4 Å². The predicted octanol–water partition coefficient (Wildman–Crippen LogP) is 4.07. The number of hydrogen-bond acceptors (Lipinski definition) is 4. The van der Waals surface area contributed by atoms with E-state index in [4.69, 9.17) is 4.42 Å². The Bertz CT molecular complexity index is 974. The van der Waals surface area contributed by atoms with Crippen LogP contribution >= 0.6 is 0 Å². The number of nitrogens with one attached hydrogen (secondary N) is 1. The van der Waals surface area contributed by atoms with Crippen LogP contribution in [0.5, 0.6) is 0 Å². The van der Waals surface area contributed by atoms with Gasteiger partial charge in [0.25, 0.3) is 10.0 Å².